The van der Waals surface area contributed by atoms with Gasteiger partial charge in [-0.15, -0.1) is 6.58 Å². The first-order valence-corrected chi connectivity index (χ1v) is 5.55. The predicted molar refractivity (Wildman–Crippen MR) is 64.7 cm³/mol. The van der Waals surface area contributed by atoms with Crippen LogP contribution in [0.1, 0.15) is 18.9 Å². The summed E-state index contributed by atoms with van der Waals surface area (Å²) in [6.45, 7) is 6.13. The Kier molecular flexibility index (Phi) is 5.13. The van der Waals surface area contributed by atoms with E-state index in [4.69, 9.17) is 5.11 Å². The minimum Gasteiger partial charge on any atom is -0.396 e. The lowest BCUT2D eigenvalue weighted by Gasteiger charge is -2.18. The monoisotopic (exact) mass is 204 g/mol. The second-order valence-corrected chi connectivity index (χ2v) is 4.08. The van der Waals surface area contributed by atoms with Crippen LogP contribution in [0.2, 0.25) is 0 Å². The van der Waals surface area contributed by atoms with Crippen molar-refractivity contribution >= 4 is 0 Å². The van der Waals surface area contributed by atoms with E-state index in [0.29, 0.717) is 5.92 Å². The van der Waals surface area contributed by atoms with Crippen LogP contribution in [-0.2, 0) is 6.42 Å². The van der Waals surface area contributed by atoms with Gasteiger partial charge in [0, 0.05) is 12.5 Å². The van der Waals surface area contributed by atoms with Gasteiger partial charge in [0.05, 0.1) is 0 Å². The number of aryl methyl sites for hydroxylation is 1. The van der Waals surface area contributed by atoms with Gasteiger partial charge in [0.1, 0.15) is 0 Å². The molecule has 1 aromatic rings. The zero-order valence-corrected chi connectivity index (χ0v) is 9.39. The molecule has 1 rings (SSSR count). The summed E-state index contributed by atoms with van der Waals surface area (Å²) in [5.41, 5.74) is 1.37. The zero-order valence-electron chi connectivity index (χ0n) is 9.39. The average molecular weight is 204 g/mol. The molecular weight excluding hydrogens is 184 g/mol. The summed E-state index contributed by atoms with van der Waals surface area (Å²) in [5.74, 6) is 0.724. The largest absolute Gasteiger partial charge is 0.396 e. The number of benzene rings is 1. The molecule has 2 unspecified atom stereocenters. The molecular formula is C14H20O. The van der Waals surface area contributed by atoms with Crippen LogP contribution in [0.15, 0.2) is 43.0 Å². The lowest BCUT2D eigenvalue weighted by atomic mass is 9.89. The summed E-state index contributed by atoms with van der Waals surface area (Å²) in [7, 11) is 0. The fraction of sp³-hybridized carbons (Fsp3) is 0.429. The fourth-order valence-electron chi connectivity index (χ4n) is 1.74. The van der Waals surface area contributed by atoms with Gasteiger partial charge in [-0.25, -0.2) is 0 Å². The highest BCUT2D eigenvalue weighted by atomic mass is 16.3. The van der Waals surface area contributed by atoms with Crippen LogP contribution in [0.4, 0.5) is 0 Å². The summed E-state index contributed by atoms with van der Waals surface area (Å²) >= 11 is 0. The predicted octanol–water partition coefficient (Wildman–Crippen LogP) is 3.05. The number of hydrogen-bond donors (Lipinski definition) is 1. The third-order valence-electron chi connectivity index (χ3n) is 2.98. The molecule has 0 spiro atoms. The van der Waals surface area contributed by atoms with Crippen LogP contribution >= 0.6 is 0 Å². The van der Waals surface area contributed by atoms with Gasteiger partial charge in [0.2, 0.25) is 0 Å². The van der Waals surface area contributed by atoms with Gasteiger partial charge in [-0.2, -0.15) is 0 Å². The smallest absolute Gasteiger partial charge is 0.0496 e. The van der Waals surface area contributed by atoms with Crippen LogP contribution < -0.4 is 0 Å². The average Bonchev–Trinajstić information content (AvgIpc) is 2.29. The Balaban J connectivity index is 2.40. The Hall–Kier alpha value is -1.08. The molecule has 1 aromatic carbocycles. The zero-order chi connectivity index (χ0) is 11.1. The normalized spacial score (nSPS) is 14.5. The molecule has 1 nitrogen and oxygen atoms in total. The summed E-state index contributed by atoms with van der Waals surface area (Å²) in [4.78, 5) is 0. The Bertz CT molecular complexity index is 279. The molecule has 0 aliphatic rings. The Labute approximate surface area is 92.5 Å². The number of rotatable bonds is 6. The van der Waals surface area contributed by atoms with Crippen LogP contribution in [0.25, 0.3) is 0 Å². The molecule has 0 saturated heterocycles. The molecule has 2 atom stereocenters. The van der Waals surface area contributed by atoms with Crippen molar-refractivity contribution in [3.63, 3.8) is 0 Å². The van der Waals surface area contributed by atoms with E-state index >= 15 is 0 Å². The van der Waals surface area contributed by atoms with E-state index in [1.165, 1.54) is 5.56 Å². The highest BCUT2D eigenvalue weighted by Crippen LogP contribution is 2.18. The van der Waals surface area contributed by atoms with E-state index in [0.717, 1.165) is 12.8 Å². The SMILES string of the molecule is C=CC(CO)C(C)CCc1ccccc1. The van der Waals surface area contributed by atoms with Crippen LogP contribution in [0.5, 0.6) is 0 Å². The van der Waals surface area contributed by atoms with E-state index in [-0.39, 0.29) is 12.5 Å². The lowest BCUT2D eigenvalue weighted by molar-refractivity contribution is 0.210. The molecule has 0 fully saturated rings. The minimum atomic E-state index is 0.208. The van der Waals surface area contributed by atoms with Crippen LogP contribution in [0, 0.1) is 11.8 Å². The standard InChI is InChI=1S/C14H20O/c1-3-14(11-15)12(2)9-10-13-7-5-4-6-8-13/h3-8,12,14-15H,1,9-11H2,2H3. The van der Waals surface area contributed by atoms with Crippen molar-refractivity contribution in [2.24, 2.45) is 11.8 Å². The van der Waals surface area contributed by atoms with E-state index in [1.54, 1.807) is 0 Å². The maximum absolute atomic E-state index is 9.12. The van der Waals surface area contributed by atoms with Crippen molar-refractivity contribution in [1.82, 2.24) is 0 Å². The van der Waals surface area contributed by atoms with E-state index < -0.39 is 0 Å². The van der Waals surface area contributed by atoms with Gasteiger partial charge < -0.3 is 5.11 Å². The first-order chi connectivity index (χ1) is 7.27. The highest BCUT2D eigenvalue weighted by molar-refractivity contribution is 5.14. The van der Waals surface area contributed by atoms with Gasteiger partial charge in [0.15, 0.2) is 0 Å². The molecule has 0 aliphatic carbocycles. The molecule has 0 heterocycles. The number of aliphatic hydroxyl groups is 1. The van der Waals surface area contributed by atoms with Crippen LogP contribution in [-0.4, -0.2) is 11.7 Å². The molecule has 0 bridgehead atoms. The molecule has 1 N–H and O–H groups in total. The topological polar surface area (TPSA) is 20.2 Å². The lowest BCUT2D eigenvalue weighted by Crippen LogP contribution is -2.14. The number of aliphatic hydroxyl groups excluding tert-OH is 1. The molecule has 0 amide bonds. The summed E-state index contributed by atoms with van der Waals surface area (Å²) in [6.07, 6.45) is 4.03. The maximum Gasteiger partial charge on any atom is 0.0496 e. The van der Waals surface area contributed by atoms with Gasteiger partial charge >= 0.3 is 0 Å². The van der Waals surface area contributed by atoms with Crippen LogP contribution in [0.3, 0.4) is 0 Å². The maximum atomic E-state index is 9.12. The molecule has 0 aromatic heterocycles. The Morgan fingerprint density at radius 1 is 1.33 bits per heavy atom. The molecule has 1 heteroatoms. The Morgan fingerprint density at radius 3 is 2.53 bits per heavy atom. The van der Waals surface area contributed by atoms with Crippen molar-refractivity contribution in [1.29, 1.82) is 0 Å². The molecule has 0 saturated carbocycles. The highest BCUT2D eigenvalue weighted by Gasteiger charge is 2.12. The van der Waals surface area contributed by atoms with Gasteiger partial charge in [0.25, 0.3) is 0 Å². The van der Waals surface area contributed by atoms with Crippen molar-refractivity contribution in [3.05, 3.63) is 48.6 Å². The quantitative estimate of drug-likeness (QED) is 0.706. The molecule has 15 heavy (non-hydrogen) atoms. The van der Waals surface area contributed by atoms with E-state index in [2.05, 4.69) is 37.8 Å². The molecule has 0 radical (unpaired) electrons. The molecule has 0 aliphatic heterocycles. The summed E-state index contributed by atoms with van der Waals surface area (Å²) in [5, 5.41) is 9.12. The summed E-state index contributed by atoms with van der Waals surface area (Å²) in [6, 6.07) is 10.5. The van der Waals surface area contributed by atoms with E-state index in [9.17, 15) is 0 Å². The fourth-order valence-corrected chi connectivity index (χ4v) is 1.74. The third kappa shape index (κ3) is 3.88. The van der Waals surface area contributed by atoms with Gasteiger partial charge in [-0.1, -0.05) is 43.3 Å². The summed E-state index contributed by atoms with van der Waals surface area (Å²) < 4.78 is 0. The number of hydrogen-bond acceptors (Lipinski definition) is 1. The third-order valence-corrected chi connectivity index (χ3v) is 2.98. The van der Waals surface area contributed by atoms with Crippen molar-refractivity contribution < 1.29 is 5.11 Å². The minimum absolute atomic E-state index is 0.208. The Morgan fingerprint density at radius 2 is 2.00 bits per heavy atom. The first-order valence-electron chi connectivity index (χ1n) is 5.55. The van der Waals surface area contributed by atoms with Gasteiger partial charge in [-0.3, -0.25) is 0 Å². The van der Waals surface area contributed by atoms with Crippen molar-refractivity contribution in [2.45, 2.75) is 19.8 Å². The first kappa shape index (κ1) is 12.0. The van der Waals surface area contributed by atoms with Gasteiger partial charge in [-0.05, 0) is 24.3 Å². The molecule has 82 valence electrons. The second kappa shape index (κ2) is 6.41. The van der Waals surface area contributed by atoms with Crippen molar-refractivity contribution in [3.8, 4) is 0 Å². The van der Waals surface area contributed by atoms with E-state index in [1.807, 2.05) is 12.1 Å². The second-order valence-electron chi connectivity index (χ2n) is 4.08. The van der Waals surface area contributed by atoms with Crippen molar-refractivity contribution in [2.75, 3.05) is 6.61 Å².